The Labute approximate surface area is 125 Å². The Hall–Kier alpha value is -1.17. The number of carbonyl (C=O) groups is 1. The van der Waals surface area contributed by atoms with E-state index < -0.39 is 0 Å². The van der Waals surface area contributed by atoms with Gasteiger partial charge >= 0.3 is 5.97 Å². The third-order valence-corrected chi connectivity index (χ3v) is 3.36. The van der Waals surface area contributed by atoms with Crippen LogP contribution >= 0.6 is 27.5 Å². The van der Waals surface area contributed by atoms with Gasteiger partial charge < -0.3 is 10.5 Å². The van der Waals surface area contributed by atoms with E-state index in [2.05, 4.69) is 25.7 Å². The minimum Gasteiger partial charge on any atom is -0.468 e. The predicted octanol–water partition coefficient (Wildman–Crippen LogP) is 3.08. The average molecular weight is 346 g/mol. The lowest BCUT2D eigenvalue weighted by atomic mass is 10.1. The molecule has 4 nitrogen and oxygen atoms in total. The van der Waals surface area contributed by atoms with Crippen molar-refractivity contribution < 1.29 is 9.53 Å². The second-order valence-electron chi connectivity index (χ2n) is 3.66. The van der Waals surface area contributed by atoms with Crippen LogP contribution in [0.4, 0.5) is 0 Å². The van der Waals surface area contributed by atoms with Gasteiger partial charge in [0, 0.05) is 16.1 Å². The lowest BCUT2D eigenvalue weighted by Crippen LogP contribution is -2.14. The number of rotatable bonds is 1. The molecule has 0 aliphatic rings. The van der Waals surface area contributed by atoms with Gasteiger partial charge in [-0.15, -0.1) is 0 Å². The maximum Gasteiger partial charge on any atom is 0.319 e. The largest absolute Gasteiger partial charge is 0.468 e. The number of nitrogens with two attached hydrogens (primary N) is 1. The van der Waals surface area contributed by atoms with Crippen molar-refractivity contribution >= 4 is 44.4 Å². The number of esters is 1. The van der Waals surface area contributed by atoms with Crippen LogP contribution in [0.15, 0.2) is 28.9 Å². The summed E-state index contributed by atoms with van der Waals surface area (Å²) in [7, 11) is 1.30. The molecule has 0 bridgehead atoms. The molecule has 0 unspecified atom stereocenters. The molecule has 19 heavy (non-hydrogen) atoms. The predicted molar refractivity (Wildman–Crippen MR) is 80.3 cm³/mol. The van der Waals surface area contributed by atoms with Crippen LogP contribution in [0.3, 0.4) is 0 Å². The monoisotopic (exact) mass is 344 g/mol. The molecular weight excluding hydrogens is 332 g/mol. The number of halogens is 2. The number of aromatic nitrogens is 1. The number of pyridine rings is 1. The summed E-state index contributed by atoms with van der Waals surface area (Å²) < 4.78 is 5.13. The van der Waals surface area contributed by atoms with E-state index in [9.17, 15) is 4.79 Å². The molecule has 0 saturated carbocycles. The van der Waals surface area contributed by atoms with Crippen molar-refractivity contribution in [3.63, 3.8) is 0 Å². The molecule has 0 fully saturated rings. The molecular formula is C13H14BrClN2O2. The van der Waals surface area contributed by atoms with Crippen molar-refractivity contribution in [1.82, 2.24) is 4.98 Å². The number of ether oxygens (including phenoxy) is 1. The number of hydrogen-bond donors (Lipinski definition) is 1. The van der Waals surface area contributed by atoms with Crippen LogP contribution in [0.5, 0.6) is 0 Å². The van der Waals surface area contributed by atoms with Crippen molar-refractivity contribution in [1.29, 1.82) is 0 Å². The van der Waals surface area contributed by atoms with Crippen LogP contribution in [0.2, 0.25) is 5.02 Å². The van der Waals surface area contributed by atoms with Gasteiger partial charge in [-0.1, -0.05) is 33.6 Å². The summed E-state index contributed by atoms with van der Waals surface area (Å²) in [6.45, 7) is 1.99. The van der Waals surface area contributed by atoms with Gasteiger partial charge in [0.25, 0.3) is 0 Å². The molecule has 102 valence electrons. The Morgan fingerprint density at radius 2 is 2.16 bits per heavy atom. The van der Waals surface area contributed by atoms with E-state index >= 15 is 0 Å². The molecule has 0 aliphatic heterocycles. The number of aryl methyl sites for hydroxylation is 1. The SMILES string of the molecule is COC(=O)CN.Cc1ccc(Br)c2c(Cl)ccnc12. The van der Waals surface area contributed by atoms with Crippen LogP contribution in [0.25, 0.3) is 10.9 Å². The molecule has 1 heterocycles. The number of fused-ring (bicyclic) bond motifs is 1. The fourth-order valence-electron chi connectivity index (χ4n) is 1.41. The first-order valence-electron chi connectivity index (χ1n) is 5.47. The maximum atomic E-state index is 9.83. The highest BCUT2D eigenvalue weighted by molar-refractivity contribution is 9.10. The third kappa shape index (κ3) is 4.16. The summed E-state index contributed by atoms with van der Waals surface area (Å²) in [4.78, 5) is 14.1. The topological polar surface area (TPSA) is 65.2 Å². The first-order chi connectivity index (χ1) is 9.01. The van der Waals surface area contributed by atoms with Gasteiger partial charge in [-0.2, -0.15) is 0 Å². The third-order valence-electron chi connectivity index (χ3n) is 2.39. The van der Waals surface area contributed by atoms with E-state index in [1.54, 1.807) is 12.3 Å². The minimum atomic E-state index is -0.380. The normalized spacial score (nSPS) is 9.74. The van der Waals surface area contributed by atoms with Crippen LogP contribution < -0.4 is 5.73 Å². The Balaban J connectivity index is 0.000000258. The molecule has 0 amide bonds. The van der Waals surface area contributed by atoms with Crippen LogP contribution in [-0.4, -0.2) is 24.6 Å². The Bertz CT molecular complexity index is 576. The average Bonchev–Trinajstić information content (AvgIpc) is 2.43. The van der Waals surface area contributed by atoms with Crippen molar-refractivity contribution in [2.24, 2.45) is 5.73 Å². The van der Waals surface area contributed by atoms with Gasteiger partial charge in [-0.25, -0.2) is 0 Å². The number of methoxy groups -OCH3 is 1. The summed E-state index contributed by atoms with van der Waals surface area (Å²) in [5, 5.41) is 1.73. The first kappa shape index (κ1) is 15.9. The lowest BCUT2D eigenvalue weighted by Gasteiger charge is -2.04. The highest BCUT2D eigenvalue weighted by Gasteiger charge is 2.05. The van der Waals surface area contributed by atoms with E-state index in [1.165, 1.54) is 7.11 Å². The molecule has 0 saturated heterocycles. The highest BCUT2D eigenvalue weighted by atomic mass is 79.9. The van der Waals surface area contributed by atoms with E-state index in [1.807, 2.05) is 19.1 Å². The zero-order valence-corrected chi connectivity index (χ0v) is 13.0. The zero-order chi connectivity index (χ0) is 14.4. The van der Waals surface area contributed by atoms with E-state index in [4.69, 9.17) is 17.3 Å². The number of hydrogen-bond acceptors (Lipinski definition) is 4. The van der Waals surface area contributed by atoms with Crippen LogP contribution in [-0.2, 0) is 9.53 Å². The molecule has 1 aromatic carbocycles. The lowest BCUT2D eigenvalue weighted by molar-refractivity contribution is -0.138. The van der Waals surface area contributed by atoms with Crippen molar-refractivity contribution in [2.45, 2.75) is 6.92 Å². The van der Waals surface area contributed by atoms with Crippen LogP contribution in [0.1, 0.15) is 5.56 Å². The van der Waals surface area contributed by atoms with Crippen LogP contribution in [0, 0.1) is 6.92 Å². The Kier molecular flexibility index (Phi) is 6.21. The van der Waals surface area contributed by atoms with Crippen molar-refractivity contribution in [3.05, 3.63) is 39.5 Å². The quantitative estimate of drug-likeness (QED) is 0.807. The number of nitrogens with zero attached hydrogens (tertiary/aromatic N) is 1. The second-order valence-corrected chi connectivity index (χ2v) is 4.92. The molecule has 1 aromatic heterocycles. The fraction of sp³-hybridized carbons (Fsp3) is 0.231. The Morgan fingerprint density at radius 1 is 1.47 bits per heavy atom. The standard InChI is InChI=1S/C10H7BrClN.C3H7NO2/c1-6-2-3-7(11)9-8(12)4-5-13-10(6)9;1-6-3(5)2-4/h2-5H,1H3;2,4H2,1H3. The smallest absolute Gasteiger partial charge is 0.319 e. The summed E-state index contributed by atoms with van der Waals surface area (Å²) in [6.07, 6.45) is 1.73. The molecule has 2 aromatic rings. The molecule has 0 spiro atoms. The molecule has 0 aliphatic carbocycles. The van der Waals surface area contributed by atoms with Gasteiger partial charge in [0.1, 0.15) is 0 Å². The summed E-state index contributed by atoms with van der Waals surface area (Å²) in [6, 6.07) is 5.81. The molecule has 6 heteroatoms. The van der Waals surface area contributed by atoms with E-state index in [0.29, 0.717) is 0 Å². The maximum absolute atomic E-state index is 9.83. The van der Waals surface area contributed by atoms with Gasteiger partial charge in [0.15, 0.2) is 0 Å². The summed E-state index contributed by atoms with van der Waals surface area (Å²) in [5.74, 6) is -0.380. The first-order valence-corrected chi connectivity index (χ1v) is 6.64. The molecule has 0 atom stereocenters. The Morgan fingerprint density at radius 3 is 2.63 bits per heavy atom. The second kappa shape index (κ2) is 7.43. The van der Waals surface area contributed by atoms with Gasteiger partial charge in [0.05, 0.1) is 24.2 Å². The zero-order valence-electron chi connectivity index (χ0n) is 10.6. The van der Waals surface area contributed by atoms with Gasteiger partial charge in [-0.3, -0.25) is 9.78 Å². The van der Waals surface area contributed by atoms with Crippen molar-refractivity contribution in [3.8, 4) is 0 Å². The fourth-order valence-corrected chi connectivity index (χ4v) is 2.30. The van der Waals surface area contributed by atoms with E-state index in [-0.39, 0.29) is 12.5 Å². The number of benzene rings is 1. The molecule has 0 radical (unpaired) electrons. The van der Waals surface area contributed by atoms with Crippen molar-refractivity contribution in [2.75, 3.05) is 13.7 Å². The highest BCUT2D eigenvalue weighted by Crippen LogP contribution is 2.30. The summed E-state index contributed by atoms with van der Waals surface area (Å²) in [5.41, 5.74) is 6.91. The van der Waals surface area contributed by atoms with Gasteiger partial charge in [-0.05, 0) is 24.6 Å². The van der Waals surface area contributed by atoms with Gasteiger partial charge in [0.2, 0.25) is 0 Å². The summed E-state index contributed by atoms with van der Waals surface area (Å²) >= 11 is 9.52. The molecule has 2 rings (SSSR count). The molecule has 2 N–H and O–H groups in total. The van der Waals surface area contributed by atoms with E-state index in [0.717, 1.165) is 26.0 Å². The minimum absolute atomic E-state index is 0.0312. The number of carbonyl (C=O) groups excluding carboxylic acids is 1.